The van der Waals surface area contributed by atoms with E-state index in [1.807, 2.05) is 0 Å². The van der Waals surface area contributed by atoms with Gasteiger partial charge in [0.2, 0.25) is 82.7 Å². The molecule has 2 saturated heterocycles. The van der Waals surface area contributed by atoms with E-state index in [9.17, 15) is 91.3 Å². The molecule has 2 aliphatic heterocycles. The number of nitrogens with one attached hydrogen (secondary N) is 17. The second-order valence-electron chi connectivity index (χ2n) is 28.9. The number of guanidine groups is 2. The van der Waals surface area contributed by atoms with Crippen molar-refractivity contribution >= 4 is 107 Å². The first kappa shape index (κ1) is 102. The summed E-state index contributed by atoms with van der Waals surface area (Å²) in [4.78, 5) is 217. The summed E-state index contributed by atoms with van der Waals surface area (Å²) in [5, 5.41) is 80.7. The standard InChI is InChI=1S/C78H118FN23O22/c79-26-11-18-52-48-102(100-99-52)49-65(107)86-31-35-122-37-39-124-41-40-123-38-36-121-34-25-66(108)101(32-23-61(103)84-27-9-7-19-55-71(115)93-53(21-12-29-87-77(80)81)69(113)89-46-63(105)91-59(44-67(109)110)75(119)97-57(73(117)95-55)42-50-14-3-1-4-15-50)33-24-62(104)85-28-10-8-20-56-72(116)94-54(22-13-30-88-78(82)83)70(114)90-47-64(106)92-60(45-68(111)112)76(120)98-58(74(118)96-56)43-51-16-5-2-6-17-51/h1-6,14-17,48,53-60H,7-13,18-47,49H2,(H,84,103)(H,85,104)(H,86,107)(H,89,113)(H,90,114)(H,91,105)(H,92,106)(H,93,115)(H,94,116)(H,95,117)(H,96,118)(H,97,119)(H,98,120)(H,109,110)(H,111,112)(H4,80,81,87)(H4,82,83,88)/t53-,54-,55-,56-,57+,58+,59-,60-/m0/s1/i79-1. The number of aliphatic carboxylic acids is 2. The number of aryl methyl sites for hydroxylation is 1. The lowest BCUT2D eigenvalue weighted by Crippen LogP contribution is -2.58. The number of benzene rings is 2. The van der Waals surface area contributed by atoms with Gasteiger partial charge in [0.1, 0.15) is 54.9 Å². The van der Waals surface area contributed by atoms with Gasteiger partial charge in [-0.05, 0) is 88.2 Å². The van der Waals surface area contributed by atoms with Gasteiger partial charge in [0.15, 0.2) is 11.9 Å². The zero-order valence-electron chi connectivity index (χ0n) is 69.2. The van der Waals surface area contributed by atoms with Crippen LogP contribution in [-0.4, -0.2) is 303 Å². The van der Waals surface area contributed by atoms with E-state index < -0.39 is 170 Å². The van der Waals surface area contributed by atoms with Gasteiger partial charge in [-0.25, -0.2) is 4.68 Å². The Hall–Kier alpha value is -12.6. The van der Waals surface area contributed by atoms with E-state index in [-0.39, 0.29) is 219 Å². The summed E-state index contributed by atoms with van der Waals surface area (Å²) < 4.78 is 36.2. The number of amides is 14. The SMILES string of the molecule is N=C(N)NCCC[C@@H]1NC(=O)[C@H](CCCCNC(=O)CCN(CCC(=O)NCCCC[C@@H]2NC(=O)[C@@H](Cc3ccccc3)NC(=O)[C@H](CC(=O)O)NC(=O)CNC(=O)[C@H](CCCNC(=N)N)NC2=O)C(=O)CCOCCOCCOCCOCCNC(=O)Cn2cc(CCC[18F])nn2)NC(=O)[C@@H](Cc2ccccc2)NC(=O)[C@H](CC(=O)O)NC(=O)CNC1=O. The molecule has 0 unspecified atom stereocenters. The van der Waals surface area contributed by atoms with Crippen molar-refractivity contribution in [3.05, 3.63) is 83.7 Å². The van der Waals surface area contributed by atoms with Gasteiger partial charge in [0.25, 0.3) is 0 Å². The molecule has 0 bridgehead atoms. The summed E-state index contributed by atoms with van der Waals surface area (Å²) >= 11 is 0. The first-order chi connectivity index (χ1) is 59.5. The number of halogens is 1. The van der Waals surface area contributed by atoms with Crippen molar-refractivity contribution in [2.75, 3.05) is 118 Å². The van der Waals surface area contributed by atoms with Crippen LogP contribution in [-0.2, 0) is 121 Å². The Morgan fingerprint density at radius 2 is 0.815 bits per heavy atom. The maximum absolute atomic E-state index is 14.3. The van der Waals surface area contributed by atoms with E-state index in [2.05, 4.69) is 90.1 Å². The molecule has 2 aromatic carbocycles. The van der Waals surface area contributed by atoms with Crippen molar-refractivity contribution in [1.29, 1.82) is 10.8 Å². The minimum atomic E-state index is -1.71. The van der Waals surface area contributed by atoms with Gasteiger partial charge in [-0.1, -0.05) is 65.9 Å². The average molecular weight is 1750 g/mol. The third-order valence-corrected chi connectivity index (χ3v) is 18.9. The normalized spacial score (nSPS) is 18.8. The van der Waals surface area contributed by atoms with Crippen molar-refractivity contribution in [3.63, 3.8) is 0 Å². The van der Waals surface area contributed by atoms with Crippen LogP contribution in [0.4, 0.5) is 4.39 Å². The Kier molecular flexibility index (Phi) is 48.0. The molecule has 8 atom stereocenters. The summed E-state index contributed by atoms with van der Waals surface area (Å²) in [6.45, 7) is -0.723. The van der Waals surface area contributed by atoms with Gasteiger partial charge < -0.3 is 125 Å². The fourth-order valence-electron chi connectivity index (χ4n) is 12.5. The van der Waals surface area contributed by atoms with Gasteiger partial charge in [0.05, 0.1) is 97.6 Å². The van der Waals surface area contributed by atoms with Crippen molar-refractivity contribution in [1.82, 2.24) is 99.6 Å². The number of unbranched alkanes of at least 4 members (excludes halogenated alkanes) is 2. The Balaban J connectivity index is 1.23. The number of alkyl halides is 1. The Morgan fingerprint density at radius 1 is 0.444 bits per heavy atom. The highest BCUT2D eigenvalue weighted by Crippen LogP contribution is 2.14. The summed E-state index contributed by atoms with van der Waals surface area (Å²) in [5.41, 5.74) is 12.6. The van der Waals surface area contributed by atoms with Crippen LogP contribution in [0.1, 0.15) is 120 Å². The first-order valence-electron chi connectivity index (χ1n) is 41.0. The van der Waals surface area contributed by atoms with Gasteiger partial charge in [0, 0.05) is 77.7 Å². The van der Waals surface area contributed by atoms with Crippen LogP contribution in [0.15, 0.2) is 66.9 Å². The summed E-state index contributed by atoms with van der Waals surface area (Å²) in [7, 11) is 0. The highest BCUT2D eigenvalue weighted by atomic mass is 18.2. The third-order valence-electron chi connectivity index (χ3n) is 18.9. The number of hydrogen-bond donors (Lipinski definition) is 21. The predicted octanol–water partition coefficient (Wildman–Crippen LogP) is -5.97. The number of carboxylic acid groups (broad SMARTS) is 2. The largest absolute Gasteiger partial charge is 0.481 e. The number of ether oxygens (including phenoxy) is 4. The fourth-order valence-corrected chi connectivity index (χ4v) is 12.5. The summed E-state index contributed by atoms with van der Waals surface area (Å²) in [6, 6.07) is 5.02. The lowest BCUT2D eigenvalue weighted by atomic mass is 10.0. The number of hydrogen-bond acceptors (Lipinski definition) is 24. The molecule has 124 heavy (non-hydrogen) atoms. The number of aromatic nitrogens is 3. The van der Waals surface area contributed by atoms with Crippen molar-refractivity contribution in [2.45, 2.75) is 177 Å². The monoisotopic (exact) mass is 1750 g/mol. The molecule has 0 aliphatic carbocycles. The number of rotatable bonds is 52. The number of carbonyl (C=O) groups excluding carboxylic acids is 14. The molecule has 0 saturated carbocycles. The molecule has 23 N–H and O–H groups in total. The number of carboxylic acids is 2. The molecule has 45 nitrogen and oxygen atoms in total. The minimum absolute atomic E-state index is 0.00502. The van der Waals surface area contributed by atoms with E-state index in [1.165, 1.54) is 9.58 Å². The zero-order valence-corrected chi connectivity index (χ0v) is 69.2. The third kappa shape index (κ3) is 43.3. The molecule has 1 aromatic heterocycles. The number of nitrogens with zero attached hydrogens (tertiary/aromatic N) is 4. The summed E-state index contributed by atoms with van der Waals surface area (Å²) in [5.74, 6) is -14.7. The Labute approximate surface area is 715 Å². The van der Waals surface area contributed by atoms with Gasteiger partial charge in [-0.15, -0.1) is 5.10 Å². The molecule has 14 amide bonds. The molecule has 3 aromatic rings. The van der Waals surface area contributed by atoms with E-state index in [1.54, 1.807) is 66.9 Å². The van der Waals surface area contributed by atoms with E-state index in [0.29, 0.717) is 29.7 Å². The predicted molar refractivity (Wildman–Crippen MR) is 439 cm³/mol. The van der Waals surface area contributed by atoms with Crippen LogP contribution in [0, 0.1) is 10.8 Å². The first-order valence-corrected chi connectivity index (χ1v) is 41.0. The molecule has 5 rings (SSSR count). The maximum Gasteiger partial charge on any atom is 0.305 e. The highest BCUT2D eigenvalue weighted by Gasteiger charge is 2.36. The van der Waals surface area contributed by atoms with Crippen LogP contribution in [0.5, 0.6) is 0 Å². The molecule has 46 heteroatoms. The molecule has 2 fully saturated rings. The van der Waals surface area contributed by atoms with Crippen LogP contribution in [0.25, 0.3) is 0 Å². The minimum Gasteiger partial charge on any atom is -0.481 e. The molecule has 3 heterocycles. The van der Waals surface area contributed by atoms with Crippen LogP contribution >= 0.6 is 0 Å². The lowest BCUT2D eigenvalue weighted by molar-refractivity contribution is -0.141. The quantitative estimate of drug-likeness (QED) is 0.0142. The highest BCUT2D eigenvalue weighted by molar-refractivity contribution is 6.00. The van der Waals surface area contributed by atoms with Crippen molar-refractivity contribution < 1.29 is 110 Å². The number of carbonyl (C=O) groups is 16. The lowest BCUT2D eigenvalue weighted by Gasteiger charge is -2.26. The van der Waals surface area contributed by atoms with Gasteiger partial charge >= 0.3 is 11.9 Å². The van der Waals surface area contributed by atoms with Crippen molar-refractivity contribution in [2.24, 2.45) is 11.5 Å². The van der Waals surface area contributed by atoms with Crippen LogP contribution in [0.3, 0.4) is 0 Å². The molecule has 0 radical (unpaired) electrons. The van der Waals surface area contributed by atoms with Crippen LogP contribution < -0.4 is 91.2 Å². The summed E-state index contributed by atoms with van der Waals surface area (Å²) in [6.07, 6.45) is 0.111. The topological polar surface area (TPSA) is 665 Å². The smallest absolute Gasteiger partial charge is 0.305 e. The molecular formula is C78H118FN23O22. The number of nitrogens with two attached hydrogens (primary N) is 2. The van der Waals surface area contributed by atoms with E-state index in [4.69, 9.17) is 41.2 Å². The van der Waals surface area contributed by atoms with Gasteiger partial charge in [-0.2, -0.15) is 0 Å². The second kappa shape index (κ2) is 58.4. The fraction of sp³-hybridized carbons (Fsp3) is 0.590. The second-order valence-corrected chi connectivity index (χ2v) is 28.9. The van der Waals surface area contributed by atoms with Crippen molar-refractivity contribution in [3.8, 4) is 0 Å². The van der Waals surface area contributed by atoms with E-state index in [0.717, 1.165) is 0 Å². The van der Waals surface area contributed by atoms with Crippen LogP contribution in [0.2, 0.25) is 0 Å². The Morgan fingerprint density at radius 3 is 1.23 bits per heavy atom. The van der Waals surface area contributed by atoms with E-state index >= 15 is 0 Å². The van der Waals surface area contributed by atoms with Gasteiger partial charge in [-0.3, -0.25) is 91.9 Å². The molecule has 0 spiro atoms. The zero-order chi connectivity index (χ0) is 90.4. The average Bonchev–Trinajstić information content (AvgIpc) is 1.35. The molecular weight excluding hydrogens is 1630 g/mol. The Bertz CT molecular complexity index is 3790. The molecule has 684 valence electrons. The molecule has 2 aliphatic rings. The maximum atomic E-state index is 14.3.